The smallest absolute Gasteiger partial charge is 0.358 e. The lowest BCUT2D eigenvalue weighted by Crippen LogP contribution is -2.09. The second-order valence-corrected chi connectivity index (χ2v) is 3.79. The van der Waals surface area contributed by atoms with Crippen LogP contribution in [0.15, 0.2) is 6.07 Å². The van der Waals surface area contributed by atoms with Crippen molar-refractivity contribution in [2.75, 3.05) is 13.7 Å². The summed E-state index contributed by atoms with van der Waals surface area (Å²) in [6.45, 7) is 4.59. The van der Waals surface area contributed by atoms with Crippen LogP contribution in [0, 0.1) is 6.92 Å². The van der Waals surface area contributed by atoms with Gasteiger partial charge in [-0.1, -0.05) is 0 Å². The van der Waals surface area contributed by atoms with E-state index in [1.807, 2.05) is 6.92 Å². The van der Waals surface area contributed by atoms with E-state index in [0.29, 0.717) is 26.0 Å². The molecule has 0 saturated carbocycles. The van der Waals surface area contributed by atoms with Crippen LogP contribution < -0.4 is 0 Å². The lowest BCUT2D eigenvalue weighted by Gasteiger charge is -2.04. The first-order valence-electron chi connectivity index (χ1n) is 5.86. The number of nitrogens with zero attached hydrogens (tertiary/aromatic N) is 2. The van der Waals surface area contributed by atoms with Gasteiger partial charge in [0.25, 0.3) is 0 Å². The van der Waals surface area contributed by atoms with E-state index in [1.54, 1.807) is 17.7 Å². The summed E-state index contributed by atoms with van der Waals surface area (Å²) in [6, 6.07) is 1.66. The maximum atomic E-state index is 11.3. The third-order valence-corrected chi connectivity index (χ3v) is 2.43. The molecule has 0 aliphatic carbocycles. The summed E-state index contributed by atoms with van der Waals surface area (Å²) in [6.07, 6.45) is 0.975. The van der Waals surface area contributed by atoms with Gasteiger partial charge in [-0.25, -0.2) is 4.79 Å². The molecule has 0 aliphatic rings. The SMILES string of the molecule is CCOC(=O)CCCn1nc(C(=O)OC)cc1C. The molecule has 18 heavy (non-hydrogen) atoms. The van der Waals surface area contributed by atoms with E-state index in [0.717, 1.165) is 5.69 Å². The third-order valence-electron chi connectivity index (χ3n) is 2.43. The van der Waals surface area contributed by atoms with Crippen molar-refractivity contribution in [3.05, 3.63) is 17.5 Å². The molecule has 0 unspecified atom stereocenters. The third kappa shape index (κ3) is 3.87. The van der Waals surface area contributed by atoms with Crippen LogP contribution in [0.1, 0.15) is 35.9 Å². The van der Waals surface area contributed by atoms with E-state index in [4.69, 9.17) is 4.74 Å². The first-order chi connectivity index (χ1) is 8.58. The monoisotopic (exact) mass is 254 g/mol. The van der Waals surface area contributed by atoms with Gasteiger partial charge in [0, 0.05) is 18.7 Å². The Morgan fingerprint density at radius 2 is 2.17 bits per heavy atom. The number of hydrogen-bond acceptors (Lipinski definition) is 5. The lowest BCUT2D eigenvalue weighted by molar-refractivity contribution is -0.143. The number of carbonyl (C=O) groups excluding carboxylic acids is 2. The molecular formula is C12H18N2O4. The molecule has 1 heterocycles. The molecule has 0 fully saturated rings. The number of aryl methyl sites for hydroxylation is 2. The Labute approximate surface area is 106 Å². The average Bonchev–Trinajstić information content (AvgIpc) is 2.70. The molecule has 1 aromatic rings. The molecule has 0 amide bonds. The predicted octanol–water partition coefficient (Wildman–Crippen LogP) is 1.32. The fourth-order valence-corrected chi connectivity index (χ4v) is 1.55. The molecule has 0 N–H and O–H groups in total. The van der Waals surface area contributed by atoms with Gasteiger partial charge in [-0.2, -0.15) is 5.10 Å². The second kappa shape index (κ2) is 6.78. The van der Waals surface area contributed by atoms with Crippen LogP contribution in [0.5, 0.6) is 0 Å². The molecule has 1 aromatic heterocycles. The van der Waals surface area contributed by atoms with Crippen molar-refractivity contribution >= 4 is 11.9 Å². The van der Waals surface area contributed by atoms with Crippen LogP contribution in [-0.2, 0) is 20.8 Å². The van der Waals surface area contributed by atoms with Crippen molar-refractivity contribution in [2.24, 2.45) is 0 Å². The maximum absolute atomic E-state index is 11.3. The molecule has 0 bridgehead atoms. The fraction of sp³-hybridized carbons (Fsp3) is 0.583. The van der Waals surface area contributed by atoms with Crippen LogP contribution in [-0.4, -0.2) is 35.4 Å². The number of methoxy groups -OCH3 is 1. The number of rotatable bonds is 6. The summed E-state index contributed by atoms with van der Waals surface area (Å²) >= 11 is 0. The molecule has 0 aromatic carbocycles. The quantitative estimate of drug-likeness (QED) is 0.716. The average molecular weight is 254 g/mol. The van der Waals surface area contributed by atoms with Crippen LogP contribution in [0.4, 0.5) is 0 Å². The van der Waals surface area contributed by atoms with Crippen molar-refractivity contribution in [2.45, 2.75) is 33.2 Å². The van der Waals surface area contributed by atoms with Gasteiger partial charge in [0.2, 0.25) is 0 Å². The summed E-state index contributed by atoms with van der Waals surface area (Å²) < 4.78 is 11.1. The molecular weight excluding hydrogens is 236 g/mol. The van der Waals surface area contributed by atoms with Gasteiger partial charge < -0.3 is 9.47 Å². The number of esters is 2. The van der Waals surface area contributed by atoms with Crippen molar-refractivity contribution in [3.8, 4) is 0 Å². The van der Waals surface area contributed by atoms with Crippen molar-refractivity contribution in [3.63, 3.8) is 0 Å². The zero-order valence-corrected chi connectivity index (χ0v) is 10.9. The number of carbonyl (C=O) groups is 2. The zero-order chi connectivity index (χ0) is 13.5. The summed E-state index contributed by atoms with van der Waals surface area (Å²) in [5.41, 5.74) is 1.14. The highest BCUT2D eigenvalue weighted by molar-refractivity contribution is 5.87. The summed E-state index contributed by atoms with van der Waals surface area (Å²) in [5, 5.41) is 4.11. The Bertz CT molecular complexity index is 426. The standard InChI is InChI=1S/C12H18N2O4/c1-4-18-11(15)6-5-7-14-9(2)8-10(13-14)12(16)17-3/h8H,4-7H2,1-3H3. The van der Waals surface area contributed by atoms with Crippen molar-refractivity contribution in [1.29, 1.82) is 0 Å². The van der Waals surface area contributed by atoms with E-state index in [1.165, 1.54) is 7.11 Å². The Morgan fingerprint density at radius 1 is 1.44 bits per heavy atom. The van der Waals surface area contributed by atoms with Crippen molar-refractivity contribution < 1.29 is 19.1 Å². The van der Waals surface area contributed by atoms with Gasteiger partial charge >= 0.3 is 11.9 Å². The molecule has 6 nitrogen and oxygen atoms in total. The highest BCUT2D eigenvalue weighted by atomic mass is 16.5. The van der Waals surface area contributed by atoms with Gasteiger partial charge in [0.05, 0.1) is 13.7 Å². The number of ether oxygens (including phenoxy) is 2. The zero-order valence-electron chi connectivity index (χ0n) is 10.9. The molecule has 0 spiro atoms. The van der Waals surface area contributed by atoms with Crippen molar-refractivity contribution in [1.82, 2.24) is 9.78 Å². The Hall–Kier alpha value is -1.85. The minimum absolute atomic E-state index is 0.212. The largest absolute Gasteiger partial charge is 0.466 e. The normalized spacial score (nSPS) is 10.2. The molecule has 6 heteroatoms. The van der Waals surface area contributed by atoms with E-state index in [9.17, 15) is 9.59 Å². The minimum Gasteiger partial charge on any atom is -0.466 e. The topological polar surface area (TPSA) is 70.4 Å². The second-order valence-electron chi connectivity index (χ2n) is 3.79. The highest BCUT2D eigenvalue weighted by Crippen LogP contribution is 2.06. The van der Waals surface area contributed by atoms with Gasteiger partial charge in [-0.15, -0.1) is 0 Å². The van der Waals surface area contributed by atoms with Gasteiger partial charge in [0.15, 0.2) is 5.69 Å². The molecule has 0 atom stereocenters. The first kappa shape index (κ1) is 14.2. The Balaban J connectivity index is 2.50. The Kier molecular flexibility index (Phi) is 5.35. The first-order valence-corrected chi connectivity index (χ1v) is 5.86. The molecule has 0 aliphatic heterocycles. The molecule has 1 rings (SSSR count). The number of aromatic nitrogens is 2. The summed E-state index contributed by atoms with van der Waals surface area (Å²) in [4.78, 5) is 22.4. The van der Waals surface area contributed by atoms with Crippen LogP contribution in [0.25, 0.3) is 0 Å². The summed E-state index contributed by atoms with van der Waals surface area (Å²) in [5.74, 6) is -0.669. The van der Waals surface area contributed by atoms with Gasteiger partial charge in [-0.3, -0.25) is 9.48 Å². The lowest BCUT2D eigenvalue weighted by atomic mass is 10.3. The molecule has 0 saturated heterocycles. The van der Waals surface area contributed by atoms with Crippen LogP contribution >= 0.6 is 0 Å². The van der Waals surface area contributed by atoms with E-state index >= 15 is 0 Å². The molecule has 100 valence electrons. The number of hydrogen-bond donors (Lipinski definition) is 0. The molecule has 0 radical (unpaired) electrons. The van der Waals surface area contributed by atoms with Crippen LogP contribution in [0.3, 0.4) is 0 Å². The highest BCUT2D eigenvalue weighted by Gasteiger charge is 2.12. The minimum atomic E-state index is -0.456. The Morgan fingerprint density at radius 3 is 2.78 bits per heavy atom. The summed E-state index contributed by atoms with van der Waals surface area (Å²) in [7, 11) is 1.32. The van der Waals surface area contributed by atoms with E-state index < -0.39 is 5.97 Å². The van der Waals surface area contributed by atoms with Gasteiger partial charge in [-0.05, 0) is 26.3 Å². The predicted molar refractivity (Wildman–Crippen MR) is 64.2 cm³/mol. The van der Waals surface area contributed by atoms with E-state index in [2.05, 4.69) is 9.84 Å². The van der Waals surface area contributed by atoms with Crippen LogP contribution in [0.2, 0.25) is 0 Å². The van der Waals surface area contributed by atoms with Gasteiger partial charge in [0.1, 0.15) is 0 Å². The fourth-order valence-electron chi connectivity index (χ4n) is 1.55. The maximum Gasteiger partial charge on any atom is 0.358 e. The van der Waals surface area contributed by atoms with E-state index in [-0.39, 0.29) is 11.7 Å².